The quantitative estimate of drug-likeness (QED) is 0.302. The third-order valence-electron chi connectivity index (χ3n) is 3.24. The maximum absolute atomic E-state index is 11.6. The summed E-state index contributed by atoms with van der Waals surface area (Å²) < 4.78 is 4.50. The molecule has 142 valence electrons. The number of Topliss-reactive ketones (excluding diaryl/α,β-unsaturated/α-hetero) is 3. The van der Waals surface area contributed by atoms with Gasteiger partial charge >= 0.3 is 5.97 Å². The highest BCUT2D eigenvalue weighted by Crippen LogP contribution is 2.11. The van der Waals surface area contributed by atoms with Crippen LogP contribution in [0.2, 0.25) is 10.0 Å². The van der Waals surface area contributed by atoms with Gasteiger partial charge in [-0.1, -0.05) is 23.2 Å². The number of hydrogen-bond acceptors (Lipinski definition) is 5. The highest BCUT2D eigenvalue weighted by atomic mass is 35.5. The minimum absolute atomic E-state index is 0.0664. The van der Waals surface area contributed by atoms with Gasteiger partial charge in [0.1, 0.15) is 0 Å². The highest BCUT2D eigenvalue weighted by molar-refractivity contribution is 6.38. The molecule has 5 nitrogen and oxygen atoms in total. The number of ether oxygens (including phenoxy) is 1. The molecule has 0 amide bonds. The molecule has 0 aliphatic heterocycles. The second-order valence-electron chi connectivity index (χ2n) is 5.31. The van der Waals surface area contributed by atoms with Gasteiger partial charge in [-0.25, -0.2) is 4.79 Å². The fourth-order valence-corrected chi connectivity index (χ4v) is 2.10. The standard InChI is InChI=1S/C12H11ClO4.C8H7ClO/c1-2-17-12(16)11(15)7-10(14)8-3-5-9(13)6-4-8;1-6(10)7-2-4-8(9)5-3-7/h3-6H,2,7H2,1H3;2-5H,1H3. The van der Waals surface area contributed by atoms with Crippen LogP contribution in [-0.2, 0) is 14.3 Å². The van der Waals surface area contributed by atoms with Gasteiger partial charge < -0.3 is 4.74 Å². The number of benzene rings is 2. The van der Waals surface area contributed by atoms with Crippen molar-refractivity contribution < 1.29 is 23.9 Å². The van der Waals surface area contributed by atoms with Crippen molar-refractivity contribution in [2.75, 3.05) is 6.61 Å². The molecule has 27 heavy (non-hydrogen) atoms. The normalized spacial score (nSPS) is 9.63. The Labute approximate surface area is 167 Å². The molecule has 0 saturated heterocycles. The zero-order chi connectivity index (χ0) is 20.4. The number of hydrogen-bond donors (Lipinski definition) is 0. The van der Waals surface area contributed by atoms with Crippen LogP contribution in [0.15, 0.2) is 48.5 Å². The molecule has 0 saturated carbocycles. The molecule has 0 aliphatic carbocycles. The van der Waals surface area contributed by atoms with Gasteiger partial charge in [0.05, 0.1) is 13.0 Å². The van der Waals surface area contributed by atoms with Crippen LogP contribution >= 0.6 is 23.2 Å². The molecular formula is C20H18Cl2O5. The minimum Gasteiger partial charge on any atom is -0.460 e. The Bertz CT molecular complexity index is 811. The monoisotopic (exact) mass is 408 g/mol. The molecule has 0 heterocycles. The van der Waals surface area contributed by atoms with Crippen molar-refractivity contribution in [3.05, 3.63) is 69.7 Å². The van der Waals surface area contributed by atoms with Crippen molar-refractivity contribution in [3.63, 3.8) is 0 Å². The van der Waals surface area contributed by atoms with Crippen LogP contribution in [0.5, 0.6) is 0 Å². The van der Waals surface area contributed by atoms with Gasteiger partial charge in [-0.15, -0.1) is 0 Å². The van der Waals surface area contributed by atoms with E-state index < -0.39 is 24.0 Å². The predicted molar refractivity (Wildman–Crippen MR) is 103 cm³/mol. The molecule has 0 atom stereocenters. The van der Waals surface area contributed by atoms with Gasteiger partial charge in [0.25, 0.3) is 0 Å². The van der Waals surface area contributed by atoms with E-state index in [4.69, 9.17) is 23.2 Å². The van der Waals surface area contributed by atoms with Crippen LogP contribution in [0, 0.1) is 0 Å². The van der Waals surface area contributed by atoms with Gasteiger partial charge in [-0.2, -0.15) is 0 Å². The van der Waals surface area contributed by atoms with E-state index in [0.717, 1.165) is 0 Å². The molecule has 0 unspecified atom stereocenters. The smallest absolute Gasteiger partial charge is 0.375 e. The van der Waals surface area contributed by atoms with Crippen molar-refractivity contribution in [1.29, 1.82) is 0 Å². The first kappa shape index (κ1) is 22.5. The summed E-state index contributed by atoms with van der Waals surface area (Å²) in [5.41, 5.74) is 1.04. The van der Waals surface area contributed by atoms with Crippen LogP contribution < -0.4 is 0 Å². The van der Waals surface area contributed by atoms with Crippen molar-refractivity contribution in [2.24, 2.45) is 0 Å². The average molecular weight is 409 g/mol. The lowest BCUT2D eigenvalue weighted by atomic mass is 10.1. The summed E-state index contributed by atoms with van der Waals surface area (Å²) in [5, 5.41) is 1.16. The lowest BCUT2D eigenvalue weighted by Gasteiger charge is -2.01. The van der Waals surface area contributed by atoms with Crippen LogP contribution in [0.4, 0.5) is 0 Å². The van der Waals surface area contributed by atoms with E-state index in [9.17, 15) is 19.2 Å². The van der Waals surface area contributed by atoms with Gasteiger partial charge in [0.15, 0.2) is 11.6 Å². The first-order valence-corrected chi connectivity index (χ1v) is 8.75. The third-order valence-corrected chi connectivity index (χ3v) is 3.75. The molecular weight excluding hydrogens is 391 g/mol. The van der Waals surface area contributed by atoms with Crippen LogP contribution in [0.1, 0.15) is 41.0 Å². The summed E-state index contributed by atoms with van der Waals surface area (Å²) in [6.45, 7) is 3.23. The molecule has 2 rings (SSSR count). The van der Waals surface area contributed by atoms with E-state index in [1.54, 1.807) is 43.3 Å². The summed E-state index contributed by atoms with van der Waals surface area (Å²) in [4.78, 5) is 44.6. The van der Waals surface area contributed by atoms with E-state index in [-0.39, 0.29) is 12.4 Å². The van der Waals surface area contributed by atoms with Crippen molar-refractivity contribution in [3.8, 4) is 0 Å². The topological polar surface area (TPSA) is 77.5 Å². The van der Waals surface area contributed by atoms with Gasteiger partial charge in [-0.3, -0.25) is 14.4 Å². The summed E-state index contributed by atoms with van der Waals surface area (Å²) in [6.07, 6.45) is -0.486. The SMILES string of the molecule is CC(=O)c1ccc(Cl)cc1.CCOC(=O)C(=O)CC(=O)c1ccc(Cl)cc1. The second kappa shape index (κ2) is 11.3. The van der Waals surface area contributed by atoms with Crippen LogP contribution in [-0.4, -0.2) is 29.9 Å². The molecule has 0 aromatic heterocycles. The van der Waals surface area contributed by atoms with Crippen molar-refractivity contribution >= 4 is 46.5 Å². The zero-order valence-corrected chi connectivity index (χ0v) is 16.3. The van der Waals surface area contributed by atoms with E-state index in [1.807, 2.05) is 0 Å². The number of carbonyl (C=O) groups excluding carboxylic acids is 4. The molecule has 0 fully saturated rings. The minimum atomic E-state index is -0.977. The Morgan fingerprint density at radius 3 is 1.67 bits per heavy atom. The summed E-state index contributed by atoms with van der Waals surface area (Å²) in [6, 6.07) is 12.9. The number of esters is 1. The number of halogens is 2. The summed E-state index contributed by atoms with van der Waals surface area (Å²) >= 11 is 11.3. The first-order chi connectivity index (χ1) is 12.7. The van der Waals surface area contributed by atoms with E-state index in [1.165, 1.54) is 19.1 Å². The second-order valence-corrected chi connectivity index (χ2v) is 6.19. The Hall–Kier alpha value is -2.50. The Morgan fingerprint density at radius 1 is 0.815 bits per heavy atom. The summed E-state index contributed by atoms with van der Waals surface area (Å²) in [5.74, 6) is -2.18. The van der Waals surface area contributed by atoms with Crippen LogP contribution in [0.3, 0.4) is 0 Å². The highest BCUT2D eigenvalue weighted by Gasteiger charge is 2.19. The third kappa shape index (κ3) is 8.15. The first-order valence-electron chi connectivity index (χ1n) is 7.99. The largest absolute Gasteiger partial charge is 0.460 e. The molecule has 0 aliphatic rings. The Kier molecular flexibility index (Phi) is 9.40. The maximum Gasteiger partial charge on any atom is 0.375 e. The van der Waals surface area contributed by atoms with Gasteiger partial charge in [0, 0.05) is 21.2 Å². The lowest BCUT2D eigenvalue weighted by Crippen LogP contribution is -2.20. The fraction of sp³-hybridized carbons (Fsp3) is 0.200. The zero-order valence-electron chi connectivity index (χ0n) is 14.8. The molecule has 0 bridgehead atoms. The van der Waals surface area contributed by atoms with E-state index in [2.05, 4.69) is 4.74 Å². The maximum atomic E-state index is 11.6. The average Bonchev–Trinajstić information content (AvgIpc) is 2.63. The number of rotatable bonds is 6. The Balaban J connectivity index is 0.000000309. The van der Waals surface area contributed by atoms with E-state index >= 15 is 0 Å². The van der Waals surface area contributed by atoms with Crippen LogP contribution in [0.25, 0.3) is 0 Å². The molecule has 2 aromatic rings. The lowest BCUT2D eigenvalue weighted by molar-refractivity contribution is -0.153. The van der Waals surface area contributed by atoms with Crippen molar-refractivity contribution in [2.45, 2.75) is 20.3 Å². The van der Waals surface area contributed by atoms with E-state index in [0.29, 0.717) is 21.2 Å². The van der Waals surface area contributed by atoms with Crippen molar-refractivity contribution in [1.82, 2.24) is 0 Å². The number of carbonyl (C=O) groups is 4. The molecule has 0 spiro atoms. The number of ketones is 3. The molecule has 0 N–H and O–H groups in total. The fourth-order valence-electron chi connectivity index (χ4n) is 1.85. The predicted octanol–water partition coefficient (Wildman–Crippen LogP) is 4.59. The summed E-state index contributed by atoms with van der Waals surface area (Å²) in [7, 11) is 0. The Morgan fingerprint density at radius 2 is 1.26 bits per heavy atom. The molecule has 7 heteroatoms. The molecule has 0 radical (unpaired) electrons. The van der Waals surface area contributed by atoms with Gasteiger partial charge in [-0.05, 0) is 62.4 Å². The van der Waals surface area contributed by atoms with Gasteiger partial charge in [0.2, 0.25) is 5.78 Å². The molecule has 2 aromatic carbocycles.